The highest BCUT2D eigenvalue weighted by atomic mass is 127. The van der Waals surface area contributed by atoms with Gasteiger partial charge in [0.2, 0.25) is 5.88 Å². The van der Waals surface area contributed by atoms with Gasteiger partial charge >= 0.3 is 0 Å². The molecule has 1 aromatic rings. The molecule has 0 spiro atoms. The summed E-state index contributed by atoms with van der Waals surface area (Å²) in [6.07, 6.45) is 7.05. The Morgan fingerprint density at radius 3 is 2.77 bits per heavy atom. The van der Waals surface area contributed by atoms with Crippen LogP contribution in [-0.2, 0) is 6.54 Å². The molecule has 26 heavy (non-hydrogen) atoms. The van der Waals surface area contributed by atoms with Crippen LogP contribution in [0.3, 0.4) is 0 Å². The number of rotatable bonds is 8. The third-order valence-corrected chi connectivity index (χ3v) is 4.25. The molecule has 0 bridgehead atoms. The van der Waals surface area contributed by atoms with Gasteiger partial charge in [0.05, 0.1) is 6.61 Å². The Bertz CT molecular complexity index is 541. The second-order valence-corrected chi connectivity index (χ2v) is 6.29. The largest absolute Gasteiger partial charge is 0.478 e. The zero-order chi connectivity index (χ0) is 17.9. The number of hydrogen-bond donors (Lipinski definition) is 2. The zero-order valence-electron chi connectivity index (χ0n) is 15.9. The van der Waals surface area contributed by atoms with Crippen molar-refractivity contribution in [3.8, 4) is 5.88 Å². The molecule has 6 nitrogen and oxygen atoms in total. The number of aromatic nitrogens is 1. The van der Waals surface area contributed by atoms with Gasteiger partial charge in [0.1, 0.15) is 0 Å². The van der Waals surface area contributed by atoms with E-state index >= 15 is 0 Å². The second kappa shape index (κ2) is 12.9. The molecular formula is C19H32IN5O. The van der Waals surface area contributed by atoms with Crippen LogP contribution in [0.4, 0.5) is 0 Å². The van der Waals surface area contributed by atoms with Crippen LogP contribution < -0.4 is 15.4 Å². The Kier molecular flexibility index (Phi) is 11.3. The molecule has 0 aromatic carbocycles. The third kappa shape index (κ3) is 7.90. The van der Waals surface area contributed by atoms with E-state index in [9.17, 15) is 0 Å². The molecule has 146 valence electrons. The molecule has 0 saturated carbocycles. The standard InChI is InChI=1S/C19H31N5O.HI/c1-4-10-24-11-8-17(9-12-24)23-19(20-3)22-15-16-6-7-18(21-14-16)25-13-5-2;/h4,6-7,14,17H,1,5,8-13,15H2,2-3H3,(H2,20,22,23);1H. The lowest BCUT2D eigenvalue weighted by Crippen LogP contribution is -2.48. The minimum atomic E-state index is 0. The molecular weight excluding hydrogens is 441 g/mol. The van der Waals surface area contributed by atoms with Crippen LogP contribution in [0, 0.1) is 0 Å². The molecule has 0 amide bonds. The van der Waals surface area contributed by atoms with Crippen molar-refractivity contribution in [1.82, 2.24) is 20.5 Å². The molecule has 2 N–H and O–H groups in total. The van der Waals surface area contributed by atoms with Crippen LogP contribution in [-0.4, -0.2) is 55.2 Å². The Morgan fingerprint density at radius 2 is 2.19 bits per heavy atom. The van der Waals surface area contributed by atoms with Crippen molar-refractivity contribution >= 4 is 29.9 Å². The number of ether oxygens (including phenoxy) is 1. The number of halogens is 1. The van der Waals surface area contributed by atoms with E-state index in [1.807, 2.05) is 31.5 Å². The van der Waals surface area contributed by atoms with Crippen LogP contribution in [0.2, 0.25) is 0 Å². The molecule has 2 rings (SSSR count). The molecule has 0 radical (unpaired) electrons. The molecule has 1 aliphatic rings. The van der Waals surface area contributed by atoms with Crippen LogP contribution in [0.15, 0.2) is 36.0 Å². The lowest BCUT2D eigenvalue weighted by Gasteiger charge is -2.32. The molecule has 0 unspecified atom stereocenters. The summed E-state index contributed by atoms with van der Waals surface area (Å²) in [6, 6.07) is 4.42. The SMILES string of the molecule is C=CCN1CCC(NC(=NC)NCc2ccc(OCCC)nc2)CC1.I. The van der Waals surface area contributed by atoms with Gasteiger partial charge in [-0.3, -0.25) is 9.89 Å². The first-order valence-corrected chi connectivity index (χ1v) is 9.13. The van der Waals surface area contributed by atoms with E-state index in [0.29, 0.717) is 25.1 Å². The smallest absolute Gasteiger partial charge is 0.213 e. The number of likely N-dealkylation sites (tertiary alicyclic amines) is 1. The van der Waals surface area contributed by atoms with E-state index in [2.05, 4.69) is 39.0 Å². The third-order valence-electron chi connectivity index (χ3n) is 4.25. The number of nitrogens with one attached hydrogen (secondary N) is 2. The van der Waals surface area contributed by atoms with E-state index in [-0.39, 0.29) is 24.0 Å². The number of hydrogen-bond acceptors (Lipinski definition) is 4. The fourth-order valence-corrected chi connectivity index (χ4v) is 2.82. The Morgan fingerprint density at radius 1 is 1.42 bits per heavy atom. The molecule has 2 heterocycles. The number of aliphatic imine (C=N–C) groups is 1. The predicted molar refractivity (Wildman–Crippen MR) is 118 cm³/mol. The number of nitrogens with zero attached hydrogens (tertiary/aromatic N) is 3. The van der Waals surface area contributed by atoms with Gasteiger partial charge in [-0.1, -0.05) is 19.1 Å². The van der Waals surface area contributed by atoms with Gasteiger partial charge in [-0.2, -0.15) is 0 Å². The fourth-order valence-electron chi connectivity index (χ4n) is 2.82. The molecule has 0 atom stereocenters. The molecule has 1 aliphatic heterocycles. The quantitative estimate of drug-likeness (QED) is 0.263. The average Bonchev–Trinajstić information content (AvgIpc) is 2.66. The lowest BCUT2D eigenvalue weighted by atomic mass is 10.1. The van der Waals surface area contributed by atoms with Gasteiger partial charge in [0, 0.05) is 51.5 Å². The van der Waals surface area contributed by atoms with Crippen molar-refractivity contribution in [2.45, 2.75) is 38.8 Å². The highest BCUT2D eigenvalue weighted by molar-refractivity contribution is 14.0. The van der Waals surface area contributed by atoms with Gasteiger partial charge in [-0.25, -0.2) is 4.98 Å². The van der Waals surface area contributed by atoms with Crippen molar-refractivity contribution in [2.75, 3.05) is 33.3 Å². The number of pyridine rings is 1. The van der Waals surface area contributed by atoms with E-state index in [4.69, 9.17) is 4.74 Å². The van der Waals surface area contributed by atoms with E-state index in [1.54, 1.807) is 0 Å². The maximum absolute atomic E-state index is 5.51. The monoisotopic (exact) mass is 473 g/mol. The van der Waals surface area contributed by atoms with Gasteiger partial charge in [-0.05, 0) is 24.8 Å². The second-order valence-electron chi connectivity index (χ2n) is 6.29. The van der Waals surface area contributed by atoms with Gasteiger partial charge < -0.3 is 15.4 Å². The Labute approximate surface area is 174 Å². The first kappa shape index (κ1) is 22.7. The Balaban J connectivity index is 0.00000338. The minimum Gasteiger partial charge on any atom is -0.478 e. The van der Waals surface area contributed by atoms with Crippen LogP contribution in [0.5, 0.6) is 5.88 Å². The van der Waals surface area contributed by atoms with E-state index < -0.39 is 0 Å². The summed E-state index contributed by atoms with van der Waals surface area (Å²) >= 11 is 0. The first-order chi connectivity index (χ1) is 12.2. The van der Waals surface area contributed by atoms with E-state index in [1.165, 1.54) is 0 Å². The van der Waals surface area contributed by atoms with Crippen molar-refractivity contribution in [3.63, 3.8) is 0 Å². The number of piperidine rings is 1. The van der Waals surface area contributed by atoms with Crippen molar-refractivity contribution in [2.24, 2.45) is 4.99 Å². The average molecular weight is 473 g/mol. The summed E-state index contributed by atoms with van der Waals surface area (Å²) < 4.78 is 5.51. The van der Waals surface area contributed by atoms with Crippen molar-refractivity contribution < 1.29 is 4.74 Å². The van der Waals surface area contributed by atoms with Crippen LogP contribution >= 0.6 is 24.0 Å². The summed E-state index contributed by atoms with van der Waals surface area (Å²) in [5, 5.41) is 6.88. The van der Waals surface area contributed by atoms with Crippen molar-refractivity contribution in [1.29, 1.82) is 0 Å². The summed E-state index contributed by atoms with van der Waals surface area (Å²) in [6.45, 7) is 10.5. The van der Waals surface area contributed by atoms with Crippen LogP contribution in [0.1, 0.15) is 31.7 Å². The van der Waals surface area contributed by atoms with Crippen LogP contribution in [0.25, 0.3) is 0 Å². The topological polar surface area (TPSA) is 61.8 Å². The highest BCUT2D eigenvalue weighted by Crippen LogP contribution is 2.10. The van der Waals surface area contributed by atoms with E-state index in [0.717, 1.165) is 50.4 Å². The molecule has 1 saturated heterocycles. The first-order valence-electron chi connectivity index (χ1n) is 9.13. The lowest BCUT2D eigenvalue weighted by molar-refractivity contribution is 0.225. The summed E-state index contributed by atoms with van der Waals surface area (Å²) in [5.74, 6) is 1.52. The summed E-state index contributed by atoms with van der Waals surface area (Å²) in [4.78, 5) is 11.1. The van der Waals surface area contributed by atoms with Gasteiger partial charge in [0.15, 0.2) is 5.96 Å². The summed E-state index contributed by atoms with van der Waals surface area (Å²) in [5.41, 5.74) is 1.10. The van der Waals surface area contributed by atoms with Crippen molar-refractivity contribution in [3.05, 3.63) is 36.5 Å². The zero-order valence-corrected chi connectivity index (χ0v) is 18.2. The molecule has 1 fully saturated rings. The number of guanidine groups is 1. The maximum Gasteiger partial charge on any atom is 0.213 e. The highest BCUT2D eigenvalue weighted by Gasteiger charge is 2.18. The van der Waals surface area contributed by atoms with Gasteiger partial charge in [-0.15, -0.1) is 30.6 Å². The molecule has 1 aromatic heterocycles. The normalized spacial score (nSPS) is 15.8. The fraction of sp³-hybridized carbons (Fsp3) is 0.579. The molecule has 7 heteroatoms. The summed E-state index contributed by atoms with van der Waals surface area (Å²) in [7, 11) is 1.81. The molecule has 0 aliphatic carbocycles. The predicted octanol–water partition coefficient (Wildman–Crippen LogP) is 2.80. The van der Waals surface area contributed by atoms with Gasteiger partial charge in [0.25, 0.3) is 0 Å². The minimum absolute atomic E-state index is 0. The Hall–Kier alpha value is -1.35. The maximum atomic E-state index is 5.51.